The van der Waals surface area contributed by atoms with Gasteiger partial charge < -0.3 is 30.2 Å². The zero-order valence-electron chi connectivity index (χ0n) is 39.8. The number of aromatic nitrogens is 8. The minimum Gasteiger partial charge on any atom is -1.00 e. The SMILES string of the molecule is COC(=O)c1ccc(Cn2c(Oc3cccc(OC(F)(F)F)c3)nc3c2c(=O)n(C)c(=O)n3C)cc1.Cn1c(=O)c2c(nc(Oc3cccc(OC(F)(F)F)c3)n2Cc2ccc(CO)cc2)n(C)c1=O.[B].[H-].[Li+]. The maximum atomic E-state index is 13.0. The number of aliphatic hydroxyl groups is 1. The number of aliphatic hydroxyl groups excluding tert-OH is 1. The molecule has 0 aliphatic rings. The van der Waals surface area contributed by atoms with Crippen LogP contribution in [-0.4, -0.2) is 76.7 Å². The van der Waals surface area contributed by atoms with E-state index in [1.54, 1.807) is 36.4 Å². The molecule has 371 valence electrons. The number of halogens is 6. The monoisotopic (exact) mass is 999 g/mol. The number of imidazole rings is 2. The van der Waals surface area contributed by atoms with Gasteiger partial charge in [0, 0.05) is 48.7 Å². The Morgan fingerprint density at radius 2 is 0.944 bits per heavy atom. The molecule has 3 radical (unpaired) electrons. The summed E-state index contributed by atoms with van der Waals surface area (Å²) in [6, 6.07) is 22.6. The number of rotatable bonds is 12. The second-order valence-corrected chi connectivity index (χ2v) is 15.1. The van der Waals surface area contributed by atoms with Gasteiger partial charge in [-0.15, -0.1) is 26.3 Å². The molecule has 72 heavy (non-hydrogen) atoms. The maximum absolute atomic E-state index is 13.0. The first-order valence-electron chi connectivity index (χ1n) is 20.3. The van der Waals surface area contributed by atoms with Crippen molar-refractivity contribution in [1.82, 2.24) is 37.4 Å². The molecule has 27 heteroatoms. The quantitative estimate of drug-likeness (QED) is 0.106. The summed E-state index contributed by atoms with van der Waals surface area (Å²) in [6.07, 6.45) is -9.77. The minimum absolute atomic E-state index is 0. The molecule has 0 bridgehead atoms. The molecule has 0 amide bonds. The summed E-state index contributed by atoms with van der Waals surface area (Å²) in [4.78, 5) is 71.0. The molecule has 4 heterocycles. The maximum Gasteiger partial charge on any atom is 1.00 e. The standard InChI is InChI=1S/C23H19F3N4O6.C22H19F3N4O5.B.Li.H/c1-28-18-17(19(31)29(2)22(28)33)30(12-13-7-9-14(10-8-13)20(32)34-3)21(27-18)35-15-5-4-6-16(11-15)36-23(24,25)26;1-27-18-17(19(31)28(2)21(27)32)29(11-13-6-8-14(12-30)9-7-13)20(26-18)33-15-4-3-5-16(10-15)34-22(23,24)25;;;/h4-11H,12H2,1-3H3;3-10,30H,11-12H2,1-2H3;;;/q;;;+1;-1. The molecule has 0 saturated carbocycles. The number of hydrogen-bond acceptors (Lipinski definition) is 13. The average Bonchev–Trinajstić information content (AvgIpc) is 3.85. The third kappa shape index (κ3) is 12.1. The van der Waals surface area contributed by atoms with E-state index in [2.05, 4.69) is 24.2 Å². The van der Waals surface area contributed by atoms with Crippen LogP contribution in [0.5, 0.6) is 35.0 Å². The fraction of sp³-hybridized carbons (Fsp3) is 0.222. The van der Waals surface area contributed by atoms with E-state index in [-0.39, 0.29) is 94.2 Å². The molecule has 0 atom stereocenters. The first-order valence-corrected chi connectivity index (χ1v) is 20.3. The van der Waals surface area contributed by atoms with Gasteiger partial charge in [0.1, 0.15) is 23.0 Å². The van der Waals surface area contributed by atoms with E-state index in [1.807, 2.05) is 0 Å². The Balaban J connectivity index is 0.000000304. The largest absolute Gasteiger partial charge is 1.00 e. The number of alkyl halides is 6. The van der Waals surface area contributed by atoms with E-state index in [1.165, 1.54) is 85.4 Å². The van der Waals surface area contributed by atoms with E-state index >= 15 is 0 Å². The van der Waals surface area contributed by atoms with Gasteiger partial charge in [-0.3, -0.25) is 37.0 Å². The third-order valence-electron chi connectivity index (χ3n) is 10.4. The van der Waals surface area contributed by atoms with Crippen LogP contribution in [0.1, 0.15) is 28.5 Å². The predicted octanol–water partition coefficient (Wildman–Crippen LogP) is 2.36. The van der Waals surface area contributed by atoms with Gasteiger partial charge in [0.15, 0.2) is 22.3 Å². The van der Waals surface area contributed by atoms with Gasteiger partial charge in [0.2, 0.25) is 0 Å². The molecule has 1 N–H and O–H groups in total. The summed E-state index contributed by atoms with van der Waals surface area (Å²) in [7, 11) is 6.76. The Hall–Kier alpha value is -7.95. The van der Waals surface area contributed by atoms with Crippen LogP contribution in [0.4, 0.5) is 26.3 Å². The van der Waals surface area contributed by atoms with Crippen LogP contribution in [-0.2, 0) is 52.6 Å². The summed E-state index contributed by atoms with van der Waals surface area (Å²) in [5.41, 5.74) is 0.0880. The molecule has 0 aliphatic carbocycles. The molecule has 0 unspecified atom stereocenters. The molecule has 0 fully saturated rings. The van der Waals surface area contributed by atoms with Gasteiger partial charge in [-0.05, 0) is 53.1 Å². The topological polar surface area (TPSA) is 207 Å². The summed E-state index contributed by atoms with van der Waals surface area (Å²) in [5, 5.41) is 9.26. The van der Waals surface area contributed by atoms with Crippen molar-refractivity contribution >= 4 is 36.7 Å². The van der Waals surface area contributed by atoms with Crippen LogP contribution in [0.25, 0.3) is 22.3 Å². The summed E-state index contributed by atoms with van der Waals surface area (Å²) in [5.74, 6) is -1.59. The molecule has 0 aliphatic heterocycles. The summed E-state index contributed by atoms with van der Waals surface area (Å²) in [6.45, 7) is -0.00909. The second kappa shape index (κ2) is 22.0. The van der Waals surface area contributed by atoms with Crippen molar-refractivity contribution in [2.24, 2.45) is 28.2 Å². The van der Waals surface area contributed by atoms with Gasteiger partial charge in [-0.25, -0.2) is 14.4 Å². The average molecular weight is 1000 g/mol. The van der Waals surface area contributed by atoms with E-state index < -0.39 is 52.7 Å². The van der Waals surface area contributed by atoms with Gasteiger partial charge in [-0.1, -0.05) is 48.5 Å². The van der Waals surface area contributed by atoms with E-state index in [4.69, 9.17) is 9.47 Å². The van der Waals surface area contributed by atoms with Crippen LogP contribution in [0, 0.1) is 0 Å². The molecule has 0 spiro atoms. The fourth-order valence-electron chi connectivity index (χ4n) is 6.96. The van der Waals surface area contributed by atoms with Crippen molar-refractivity contribution in [2.45, 2.75) is 32.4 Å². The fourth-order valence-corrected chi connectivity index (χ4v) is 6.96. The molecule has 8 rings (SSSR count). The molecular formula is C45H39BF6LiN8O11. The number of carbonyl (C=O) groups is 1. The van der Waals surface area contributed by atoms with E-state index in [9.17, 15) is 55.4 Å². The molecule has 8 aromatic rings. The van der Waals surface area contributed by atoms with Gasteiger partial charge in [-0.2, -0.15) is 9.97 Å². The normalized spacial score (nSPS) is 11.3. The number of esters is 1. The van der Waals surface area contributed by atoms with Crippen LogP contribution in [0.3, 0.4) is 0 Å². The molecule has 19 nitrogen and oxygen atoms in total. The van der Waals surface area contributed by atoms with Crippen LogP contribution in [0.2, 0.25) is 0 Å². The summed E-state index contributed by atoms with van der Waals surface area (Å²) < 4.78 is 107. The smallest absolute Gasteiger partial charge is 1.00 e. The van der Waals surface area contributed by atoms with Crippen LogP contribution >= 0.6 is 0 Å². The zero-order chi connectivity index (χ0) is 50.8. The first-order chi connectivity index (χ1) is 33.0. The number of fused-ring (bicyclic) bond motifs is 2. The van der Waals surface area contributed by atoms with Crippen molar-refractivity contribution in [3.63, 3.8) is 0 Å². The Morgan fingerprint density at radius 3 is 1.31 bits per heavy atom. The van der Waals surface area contributed by atoms with Crippen LogP contribution < -0.4 is 60.3 Å². The van der Waals surface area contributed by atoms with Crippen molar-refractivity contribution in [3.8, 4) is 35.0 Å². The Kier molecular flexibility index (Phi) is 16.8. The number of methoxy groups -OCH3 is 1. The number of ether oxygens (including phenoxy) is 5. The Labute approximate surface area is 416 Å². The van der Waals surface area contributed by atoms with Crippen molar-refractivity contribution in [2.75, 3.05) is 7.11 Å². The van der Waals surface area contributed by atoms with Gasteiger partial charge >= 0.3 is 61.0 Å². The molecule has 4 aromatic carbocycles. The molecule has 0 saturated heterocycles. The minimum atomic E-state index is -4.90. The number of hydrogen-bond donors (Lipinski definition) is 1. The van der Waals surface area contributed by atoms with E-state index in [0.29, 0.717) is 16.7 Å². The molecule has 4 aromatic heterocycles. The zero-order valence-corrected chi connectivity index (χ0v) is 38.8. The Morgan fingerprint density at radius 1 is 0.583 bits per heavy atom. The predicted molar refractivity (Wildman–Crippen MR) is 242 cm³/mol. The number of aryl methyl sites for hydroxylation is 2. The van der Waals surface area contributed by atoms with E-state index in [0.717, 1.165) is 43.5 Å². The van der Waals surface area contributed by atoms with Crippen molar-refractivity contribution in [3.05, 3.63) is 161 Å². The van der Waals surface area contributed by atoms with Gasteiger partial charge in [0.05, 0.1) is 32.4 Å². The first kappa shape index (κ1) is 55.0. The van der Waals surface area contributed by atoms with Gasteiger partial charge in [0.25, 0.3) is 11.1 Å². The Bertz CT molecular complexity index is 3520. The van der Waals surface area contributed by atoms with Crippen LogP contribution in [0.15, 0.2) is 116 Å². The third-order valence-corrected chi connectivity index (χ3v) is 10.4. The number of nitrogens with zero attached hydrogens (tertiary/aromatic N) is 8. The number of carbonyl (C=O) groups excluding carboxylic acids is 1. The number of benzene rings is 4. The molecular weight excluding hydrogens is 960 g/mol. The van der Waals surface area contributed by atoms with Crippen molar-refractivity contribution < 1.29 is 80.2 Å². The summed E-state index contributed by atoms with van der Waals surface area (Å²) >= 11 is 0. The van der Waals surface area contributed by atoms with Crippen molar-refractivity contribution in [1.29, 1.82) is 0 Å². The second-order valence-electron chi connectivity index (χ2n) is 15.1.